The van der Waals surface area contributed by atoms with E-state index in [0.29, 0.717) is 37.6 Å². The Morgan fingerprint density at radius 1 is 1.31 bits per heavy atom. The Bertz CT molecular complexity index is 861. The van der Waals surface area contributed by atoms with Gasteiger partial charge in [-0.1, -0.05) is 24.3 Å². The molecule has 8 heteroatoms. The zero-order chi connectivity index (χ0) is 22.8. The highest BCUT2D eigenvalue weighted by Gasteiger charge is 2.21. The minimum absolute atomic E-state index is 0.242. The van der Waals surface area contributed by atoms with Gasteiger partial charge < -0.3 is 19.6 Å². The SMILES string of the molecule is C=CCCC(O)CN1CCN(Cc2nc(C(=O)NCCc3ccccc3OC)co2)CC1. The Morgan fingerprint density at radius 2 is 2.06 bits per heavy atom. The van der Waals surface area contributed by atoms with E-state index in [1.54, 1.807) is 7.11 Å². The van der Waals surface area contributed by atoms with Crippen LogP contribution in [0.5, 0.6) is 5.75 Å². The number of carbonyl (C=O) groups excluding carboxylic acids is 1. The van der Waals surface area contributed by atoms with Crippen molar-refractivity contribution in [2.75, 3.05) is 46.4 Å². The number of β-amino-alcohol motifs (C(OH)–C–C–N with tert-alkyl or cyclic N) is 1. The molecule has 2 aromatic rings. The monoisotopic (exact) mass is 442 g/mol. The molecule has 0 aliphatic carbocycles. The van der Waals surface area contributed by atoms with Gasteiger partial charge in [0.25, 0.3) is 5.91 Å². The molecule has 1 amide bonds. The van der Waals surface area contributed by atoms with E-state index < -0.39 is 0 Å². The lowest BCUT2D eigenvalue weighted by molar-refractivity contribution is 0.0642. The zero-order valence-electron chi connectivity index (χ0n) is 18.8. The number of aliphatic hydroxyl groups excluding tert-OH is 1. The van der Waals surface area contributed by atoms with E-state index >= 15 is 0 Å². The third kappa shape index (κ3) is 7.19. The Kier molecular flexibility index (Phi) is 9.27. The van der Waals surface area contributed by atoms with Crippen molar-refractivity contribution >= 4 is 5.91 Å². The van der Waals surface area contributed by atoms with Gasteiger partial charge in [0.1, 0.15) is 12.0 Å². The summed E-state index contributed by atoms with van der Waals surface area (Å²) in [5.41, 5.74) is 1.34. The maximum atomic E-state index is 12.4. The molecule has 2 N–H and O–H groups in total. The number of aliphatic hydroxyl groups is 1. The molecule has 2 heterocycles. The molecular formula is C24H34N4O4. The summed E-state index contributed by atoms with van der Waals surface area (Å²) in [5, 5.41) is 13.0. The number of rotatable bonds is 12. The number of nitrogens with one attached hydrogen (secondary N) is 1. The van der Waals surface area contributed by atoms with Gasteiger partial charge in [0.15, 0.2) is 5.69 Å². The van der Waals surface area contributed by atoms with E-state index in [2.05, 4.69) is 26.7 Å². The average Bonchev–Trinajstić information content (AvgIpc) is 3.28. The number of carbonyl (C=O) groups is 1. The van der Waals surface area contributed by atoms with Crippen LogP contribution in [0.2, 0.25) is 0 Å². The maximum absolute atomic E-state index is 12.4. The minimum Gasteiger partial charge on any atom is -0.496 e. The number of methoxy groups -OCH3 is 1. The summed E-state index contributed by atoms with van der Waals surface area (Å²) in [7, 11) is 1.64. The molecule has 8 nitrogen and oxygen atoms in total. The van der Waals surface area contributed by atoms with Gasteiger partial charge >= 0.3 is 0 Å². The summed E-state index contributed by atoms with van der Waals surface area (Å²) in [6.07, 6.45) is 5.21. The normalized spacial score (nSPS) is 15.9. The van der Waals surface area contributed by atoms with Crippen molar-refractivity contribution in [1.82, 2.24) is 20.1 Å². The number of hydrogen-bond donors (Lipinski definition) is 2. The van der Waals surface area contributed by atoms with Gasteiger partial charge in [-0.15, -0.1) is 6.58 Å². The highest BCUT2D eigenvalue weighted by Crippen LogP contribution is 2.17. The second kappa shape index (κ2) is 12.4. The second-order valence-electron chi connectivity index (χ2n) is 8.04. The molecule has 1 atom stereocenters. The van der Waals surface area contributed by atoms with Gasteiger partial charge in [0.2, 0.25) is 5.89 Å². The fourth-order valence-electron chi connectivity index (χ4n) is 3.82. The molecule has 1 aliphatic heterocycles. The molecule has 3 rings (SSSR count). The fraction of sp³-hybridized carbons (Fsp3) is 0.500. The molecular weight excluding hydrogens is 408 g/mol. The summed E-state index contributed by atoms with van der Waals surface area (Å²) in [4.78, 5) is 21.3. The van der Waals surface area contributed by atoms with Crippen molar-refractivity contribution < 1.29 is 19.1 Å². The first kappa shape index (κ1) is 24.0. The van der Waals surface area contributed by atoms with Crippen LogP contribution >= 0.6 is 0 Å². The number of nitrogens with zero attached hydrogens (tertiary/aromatic N) is 3. The number of allylic oxidation sites excluding steroid dienone is 1. The van der Waals surface area contributed by atoms with Crippen LogP contribution in [0.4, 0.5) is 0 Å². The molecule has 1 unspecified atom stereocenters. The fourth-order valence-corrected chi connectivity index (χ4v) is 3.82. The molecule has 1 saturated heterocycles. The van der Waals surface area contributed by atoms with Crippen LogP contribution in [-0.4, -0.2) is 78.3 Å². The third-order valence-electron chi connectivity index (χ3n) is 5.65. The number of hydrogen-bond acceptors (Lipinski definition) is 7. The molecule has 32 heavy (non-hydrogen) atoms. The third-order valence-corrected chi connectivity index (χ3v) is 5.65. The number of oxazole rings is 1. The van der Waals surface area contributed by atoms with Crippen molar-refractivity contribution in [2.45, 2.75) is 31.9 Å². The maximum Gasteiger partial charge on any atom is 0.273 e. The Balaban J connectivity index is 1.39. The smallest absolute Gasteiger partial charge is 0.273 e. The lowest BCUT2D eigenvalue weighted by Crippen LogP contribution is -2.48. The lowest BCUT2D eigenvalue weighted by atomic mass is 10.1. The zero-order valence-corrected chi connectivity index (χ0v) is 18.8. The molecule has 174 valence electrons. The molecule has 0 spiro atoms. The van der Waals surface area contributed by atoms with E-state index in [4.69, 9.17) is 9.15 Å². The number of piperazine rings is 1. The second-order valence-corrected chi connectivity index (χ2v) is 8.04. The van der Waals surface area contributed by atoms with Crippen LogP contribution in [0.1, 0.15) is 34.8 Å². The Hall–Kier alpha value is -2.68. The van der Waals surface area contributed by atoms with Gasteiger partial charge in [-0.25, -0.2) is 4.98 Å². The van der Waals surface area contributed by atoms with Crippen molar-refractivity contribution in [3.8, 4) is 5.75 Å². The first-order valence-electron chi connectivity index (χ1n) is 11.2. The standard InChI is InChI=1S/C24H34N4O4/c1-3-4-8-20(29)16-27-12-14-28(15-13-27)17-23-26-21(18-32-23)24(30)25-11-10-19-7-5-6-9-22(19)31-2/h3,5-7,9,18,20,29H,1,4,8,10-17H2,2H3,(H,25,30). The summed E-state index contributed by atoms with van der Waals surface area (Å²) < 4.78 is 10.9. The van der Waals surface area contributed by atoms with Crippen molar-refractivity contribution in [1.29, 1.82) is 0 Å². The van der Waals surface area contributed by atoms with Gasteiger partial charge in [-0.2, -0.15) is 0 Å². The Labute approximate surface area is 189 Å². The van der Waals surface area contributed by atoms with Crippen molar-refractivity contribution in [2.24, 2.45) is 0 Å². The number of para-hydroxylation sites is 1. The highest BCUT2D eigenvalue weighted by molar-refractivity contribution is 5.91. The van der Waals surface area contributed by atoms with Crippen LogP contribution in [-0.2, 0) is 13.0 Å². The number of amides is 1. The van der Waals surface area contributed by atoms with Gasteiger partial charge in [0, 0.05) is 39.3 Å². The van der Waals surface area contributed by atoms with Gasteiger partial charge in [-0.05, 0) is 30.9 Å². The van der Waals surface area contributed by atoms with Crippen molar-refractivity contribution in [3.05, 3.63) is 60.3 Å². The molecule has 0 radical (unpaired) electrons. The lowest BCUT2D eigenvalue weighted by Gasteiger charge is -2.34. The average molecular weight is 443 g/mol. The van der Waals surface area contributed by atoms with E-state index in [1.807, 2.05) is 30.3 Å². The van der Waals surface area contributed by atoms with Crippen LogP contribution in [0, 0.1) is 0 Å². The molecule has 1 fully saturated rings. The van der Waals surface area contributed by atoms with Gasteiger partial charge in [0.05, 0.1) is 19.8 Å². The molecule has 0 saturated carbocycles. The quantitative estimate of drug-likeness (QED) is 0.487. The van der Waals surface area contributed by atoms with E-state index in [9.17, 15) is 9.90 Å². The highest BCUT2D eigenvalue weighted by atomic mass is 16.5. The van der Waals surface area contributed by atoms with Gasteiger partial charge in [-0.3, -0.25) is 14.6 Å². The predicted octanol–water partition coefficient (Wildman–Crippen LogP) is 2.10. The number of ether oxygens (including phenoxy) is 1. The van der Waals surface area contributed by atoms with E-state index in [0.717, 1.165) is 50.3 Å². The minimum atomic E-state index is -0.310. The van der Waals surface area contributed by atoms with Crippen LogP contribution in [0.3, 0.4) is 0 Å². The van der Waals surface area contributed by atoms with Crippen LogP contribution in [0.15, 0.2) is 47.6 Å². The molecule has 1 aliphatic rings. The summed E-state index contributed by atoms with van der Waals surface area (Å²) in [6, 6.07) is 7.77. The summed E-state index contributed by atoms with van der Waals surface area (Å²) in [6.45, 7) is 8.98. The first-order chi connectivity index (χ1) is 15.6. The molecule has 1 aromatic heterocycles. The summed E-state index contributed by atoms with van der Waals surface area (Å²) in [5.74, 6) is 1.12. The van der Waals surface area contributed by atoms with Crippen LogP contribution < -0.4 is 10.1 Å². The number of benzene rings is 1. The largest absolute Gasteiger partial charge is 0.496 e. The topological polar surface area (TPSA) is 91.1 Å². The first-order valence-corrected chi connectivity index (χ1v) is 11.2. The van der Waals surface area contributed by atoms with E-state index in [1.165, 1.54) is 6.26 Å². The molecule has 1 aromatic carbocycles. The summed E-state index contributed by atoms with van der Waals surface area (Å²) >= 11 is 0. The van der Waals surface area contributed by atoms with Crippen molar-refractivity contribution in [3.63, 3.8) is 0 Å². The Morgan fingerprint density at radius 3 is 2.81 bits per heavy atom. The molecule has 0 bridgehead atoms. The van der Waals surface area contributed by atoms with E-state index in [-0.39, 0.29) is 12.0 Å². The van der Waals surface area contributed by atoms with Crippen LogP contribution in [0.25, 0.3) is 0 Å². The number of aromatic nitrogens is 1. The predicted molar refractivity (Wildman–Crippen MR) is 123 cm³/mol.